The van der Waals surface area contributed by atoms with Crippen molar-refractivity contribution >= 4 is 10.0 Å². The highest BCUT2D eigenvalue weighted by molar-refractivity contribution is 7.90. The van der Waals surface area contributed by atoms with Crippen LogP contribution in [0.1, 0.15) is 19.4 Å². The summed E-state index contributed by atoms with van der Waals surface area (Å²) in [7, 11) is -3.25. The van der Waals surface area contributed by atoms with E-state index in [1.54, 1.807) is 26.0 Å². The molecule has 0 radical (unpaired) electrons. The molecule has 0 saturated carbocycles. The van der Waals surface area contributed by atoms with Gasteiger partial charge in [0.25, 0.3) is 0 Å². The van der Waals surface area contributed by atoms with Gasteiger partial charge in [-0.25, -0.2) is 17.5 Å². The van der Waals surface area contributed by atoms with Gasteiger partial charge in [-0.15, -0.1) is 0 Å². The maximum absolute atomic E-state index is 12.6. The van der Waals surface area contributed by atoms with Gasteiger partial charge in [0.2, 0.25) is 10.0 Å². The van der Waals surface area contributed by atoms with Gasteiger partial charge in [-0.3, -0.25) is 0 Å². The second-order valence-electron chi connectivity index (χ2n) is 3.54. The molecule has 0 fully saturated rings. The molecule has 0 atom stereocenters. The van der Waals surface area contributed by atoms with Gasteiger partial charge >= 0.3 is 0 Å². The minimum atomic E-state index is -3.25. The van der Waals surface area contributed by atoms with Crippen LogP contribution < -0.4 is 4.72 Å². The summed E-state index contributed by atoms with van der Waals surface area (Å²) >= 11 is 0. The Kier molecular flexibility index (Phi) is 3.82. The lowest BCUT2D eigenvalue weighted by Gasteiger charge is -2.09. The maximum Gasteiger partial charge on any atom is 0.214 e. The summed E-state index contributed by atoms with van der Waals surface area (Å²) in [4.78, 5) is 0. The van der Waals surface area contributed by atoms with Gasteiger partial charge in [0.05, 0.1) is 5.25 Å². The Morgan fingerprint density at radius 2 is 1.80 bits per heavy atom. The largest absolute Gasteiger partial charge is 0.214 e. The summed E-state index contributed by atoms with van der Waals surface area (Å²) in [6.45, 7) is 3.40. The SMILES string of the molecule is CC(C)S(=O)(=O)NCc1ccc(F)cc1. The van der Waals surface area contributed by atoms with Crippen molar-refractivity contribution in [1.82, 2.24) is 4.72 Å². The summed E-state index contributed by atoms with van der Waals surface area (Å²) in [6, 6.07) is 5.72. The third-order valence-electron chi connectivity index (χ3n) is 2.01. The lowest BCUT2D eigenvalue weighted by Crippen LogP contribution is -2.30. The molecule has 0 unspecified atom stereocenters. The molecule has 0 spiro atoms. The highest BCUT2D eigenvalue weighted by Gasteiger charge is 2.14. The molecular weight excluding hydrogens is 217 g/mol. The molecule has 0 heterocycles. The van der Waals surface area contributed by atoms with E-state index in [-0.39, 0.29) is 12.4 Å². The third-order valence-corrected chi connectivity index (χ3v) is 3.80. The molecule has 1 aromatic rings. The van der Waals surface area contributed by atoms with Crippen molar-refractivity contribution in [1.29, 1.82) is 0 Å². The number of hydrogen-bond acceptors (Lipinski definition) is 2. The Morgan fingerprint density at radius 3 is 2.27 bits per heavy atom. The molecule has 5 heteroatoms. The van der Waals surface area contributed by atoms with E-state index in [9.17, 15) is 12.8 Å². The fourth-order valence-electron chi connectivity index (χ4n) is 0.953. The molecule has 0 aliphatic heterocycles. The van der Waals surface area contributed by atoms with Gasteiger partial charge < -0.3 is 0 Å². The van der Waals surface area contributed by atoms with Crippen LogP contribution in [0.3, 0.4) is 0 Å². The first kappa shape index (κ1) is 12.1. The van der Waals surface area contributed by atoms with Gasteiger partial charge in [0.15, 0.2) is 0 Å². The number of halogens is 1. The number of hydrogen-bond donors (Lipinski definition) is 1. The number of nitrogens with one attached hydrogen (secondary N) is 1. The smallest absolute Gasteiger partial charge is 0.212 e. The van der Waals surface area contributed by atoms with Crippen LogP contribution in [-0.4, -0.2) is 13.7 Å². The van der Waals surface area contributed by atoms with E-state index >= 15 is 0 Å². The first-order chi connectivity index (χ1) is 6.92. The van der Waals surface area contributed by atoms with Crippen LogP contribution in [0.15, 0.2) is 24.3 Å². The summed E-state index contributed by atoms with van der Waals surface area (Å²) in [5.41, 5.74) is 0.737. The summed E-state index contributed by atoms with van der Waals surface area (Å²) in [5, 5.41) is -0.460. The highest BCUT2D eigenvalue weighted by atomic mass is 32.2. The zero-order valence-electron chi connectivity index (χ0n) is 8.70. The first-order valence-electron chi connectivity index (χ1n) is 4.65. The van der Waals surface area contributed by atoms with Gasteiger partial charge in [-0.1, -0.05) is 12.1 Å². The van der Waals surface area contributed by atoms with E-state index in [1.165, 1.54) is 12.1 Å². The third kappa shape index (κ3) is 3.60. The number of sulfonamides is 1. The zero-order chi connectivity index (χ0) is 11.5. The topological polar surface area (TPSA) is 46.2 Å². The van der Waals surface area contributed by atoms with Crippen molar-refractivity contribution in [3.05, 3.63) is 35.6 Å². The predicted molar refractivity (Wildman–Crippen MR) is 57.3 cm³/mol. The quantitative estimate of drug-likeness (QED) is 0.856. The van der Waals surface area contributed by atoms with Crippen LogP contribution in [0.4, 0.5) is 4.39 Å². The Morgan fingerprint density at radius 1 is 1.27 bits per heavy atom. The molecule has 15 heavy (non-hydrogen) atoms. The van der Waals surface area contributed by atoms with E-state index in [1.807, 2.05) is 0 Å². The van der Waals surface area contributed by atoms with E-state index in [0.29, 0.717) is 0 Å². The number of benzene rings is 1. The van der Waals surface area contributed by atoms with E-state index in [4.69, 9.17) is 0 Å². The average Bonchev–Trinajstić information content (AvgIpc) is 2.17. The fraction of sp³-hybridized carbons (Fsp3) is 0.400. The Balaban J connectivity index is 2.62. The molecule has 0 saturated heterocycles. The Labute approximate surface area is 89.4 Å². The number of rotatable bonds is 4. The normalized spacial score (nSPS) is 12.0. The zero-order valence-corrected chi connectivity index (χ0v) is 9.51. The van der Waals surface area contributed by atoms with Crippen LogP contribution in [-0.2, 0) is 16.6 Å². The monoisotopic (exact) mass is 231 g/mol. The van der Waals surface area contributed by atoms with Crippen molar-refractivity contribution in [2.24, 2.45) is 0 Å². The Hall–Kier alpha value is -0.940. The summed E-state index contributed by atoms with van der Waals surface area (Å²) < 4.78 is 37.8. The molecule has 3 nitrogen and oxygen atoms in total. The van der Waals surface area contributed by atoms with Crippen LogP contribution in [0.25, 0.3) is 0 Å². The first-order valence-corrected chi connectivity index (χ1v) is 6.19. The molecule has 0 aliphatic carbocycles. The standard InChI is InChI=1S/C10H14FNO2S/c1-8(2)15(13,14)12-7-9-3-5-10(11)6-4-9/h3-6,8,12H,7H2,1-2H3. The average molecular weight is 231 g/mol. The van der Waals surface area contributed by atoms with Gasteiger partial charge in [-0.05, 0) is 31.5 Å². The highest BCUT2D eigenvalue weighted by Crippen LogP contribution is 2.04. The fourth-order valence-corrected chi connectivity index (χ4v) is 1.65. The minimum Gasteiger partial charge on any atom is -0.212 e. The molecule has 84 valence electrons. The van der Waals surface area contributed by atoms with Crippen molar-refractivity contribution in [2.75, 3.05) is 0 Å². The van der Waals surface area contributed by atoms with E-state index in [0.717, 1.165) is 5.56 Å². The molecule has 0 amide bonds. The van der Waals surface area contributed by atoms with Crippen LogP contribution >= 0.6 is 0 Å². The second-order valence-corrected chi connectivity index (χ2v) is 5.86. The molecule has 1 rings (SSSR count). The molecular formula is C10H14FNO2S. The molecule has 0 aromatic heterocycles. The molecule has 1 aromatic carbocycles. The Bertz CT molecular complexity index is 412. The lowest BCUT2D eigenvalue weighted by molar-refractivity contribution is 0.572. The summed E-state index contributed by atoms with van der Waals surface area (Å²) in [5.74, 6) is -0.328. The molecule has 0 aliphatic rings. The molecule has 1 N–H and O–H groups in total. The summed E-state index contributed by atoms with van der Waals surface area (Å²) in [6.07, 6.45) is 0. The minimum absolute atomic E-state index is 0.195. The lowest BCUT2D eigenvalue weighted by atomic mass is 10.2. The van der Waals surface area contributed by atoms with Crippen molar-refractivity contribution in [2.45, 2.75) is 25.6 Å². The van der Waals surface area contributed by atoms with Crippen LogP contribution in [0.5, 0.6) is 0 Å². The predicted octanol–water partition coefficient (Wildman–Crippen LogP) is 1.65. The maximum atomic E-state index is 12.6. The van der Waals surface area contributed by atoms with Gasteiger partial charge in [0, 0.05) is 6.54 Å². The van der Waals surface area contributed by atoms with Crippen molar-refractivity contribution in [3.8, 4) is 0 Å². The van der Waals surface area contributed by atoms with Crippen LogP contribution in [0.2, 0.25) is 0 Å². The van der Waals surface area contributed by atoms with Crippen molar-refractivity contribution in [3.63, 3.8) is 0 Å². The molecule has 0 bridgehead atoms. The van der Waals surface area contributed by atoms with Crippen molar-refractivity contribution < 1.29 is 12.8 Å². The van der Waals surface area contributed by atoms with E-state index in [2.05, 4.69) is 4.72 Å². The van der Waals surface area contributed by atoms with E-state index < -0.39 is 15.3 Å². The second kappa shape index (κ2) is 4.72. The van der Waals surface area contributed by atoms with Gasteiger partial charge in [-0.2, -0.15) is 0 Å². The van der Waals surface area contributed by atoms with Gasteiger partial charge in [0.1, 0.15) is 5.82 Å². The van der Waals surface area contributed by atoms with Crippen LogP contribution in [0, 0.1) is 5.82 Å².